The van der Waals surface area contributed by atoms with Crippen LogP contribution in [0.25, 0.3) is 11.2 Å². The van der Waals surface area contributed by atoms with E-state index in [-0.39, 0.29) is 11.2 Å². The zero-order valence-corrected chi connectivity index (χ0v) is 7.48. The Labute approximate surface area is 82.1 Å². The number of nitrogens with one attached hydrogen (secondary N) is 2. The molecule has 2 N–H and O–H groups in total. The molecule has 2 heterocycles. The number of rotatable bonds is 1. The number of allylic oxidation sites excluding steroid dienone is 1. The van der Waals surface area contributed by atoms with E-state index in [2.05, 4.69) is 21.5 Å². The van der Waals surface area contributed by atoms with E-state index < -0.39 is 17.2 Å². The highest BCUT2D eigenvalue weighted by Crippen LogP contribution is 1.94. The van der Waals surface area contributed by atoms with Crippen molar-refractivity contribution in [3.63, 3.8) is 0 Å². The van der Waals surface area contributed by atoms with Crippen LogP contribution in [0, 0.1) is 0 Å². The van der Waals surface area contributed by atoms with E-state index in [9.17, 15) is 14.4 Å². The second-order valence-corrected chi connectivity index (χ2v) is 2.74. The van der Waals surface area contributed by atoms with Crippen molar-refractivity contribution >= 4 is 17.1 Å². The lowest BCUT2D eigenvalue weighted by atomic mass is 10.5. The van der Waals surface area contributed by atoms with Gasteiger partial charge in [0.2, 0.25) is 0 Å². The monoisotopic (exact) mass is 206 g/mol. The molecule has 0 amide bonds. The molecule has 2 rings (SSSR count). The molecule has 7 nitrogen and oxygen atoms in total. The summed E-state index contributed by atoms with van der Waals surface area (Å²) in [5.41, 5.74) is -1.37. The minimum Gasteiger partial charge on any atom is -0.339 e. The molecular weight excluding hydrogens is 200 g/mol. The lowest BCUT2D eigenvalue weighted by molar-refractivity contribution is 0.0960. The van der Waals surface area contributed by atoms with Crippen LogP contribution in [0.3, 0.4) is 0 Å². The summed E-state index contributed by atoms with van der Waals surface area (Å²) in [6.45, 7) is 3.20. The highest BCUT2D eigenvalue weighted by atomic mass is 16.2. The SMILES string of the molecule is C=CC(=O)n1c(=O)[nH]c2nc[nH]c2c1=O. The van der Waals surface area contributed by atoms with Crippen LogP contribution in [-0.4, -0.2) is 25.4 Å². The predicted molar refractivity (Wildman–Crippen MR) is 51.8 cm³/mol. The van der Waals surface area contributed by atoms with Crippen molar-refractivity contribution in [1.29, 1.82) is 0 Å². The first kappa shape index (κ1) is 9.13. The summed E-state index contributed by atoms with van der Waals surface area (Å²) in [5.74, 6) is -0.780. The van der Waals surface area contributed by atoms with Gasteiger partial charge in [0.1, 0.15) is 5.52 Å². The zero-order valence-electron chi connectivity index (χ0n) is 7.48. The van der Waals surface area contributed by atoms with Crippen LogP contribution in [0.2, 0.25) is 0 Å². The molecule has 0 aliphatic carbocycles. The average Bonchev–Trinajstić information content (AvgIpc) is 2.65. The fourth-order valence-corrected chi connectivity index (χ4v) is 1.20. The first-order valence-electron chi connectivity index (χ1n) is 4.00. The molecule has 2 aromatic heterocycles. The molecular formula is C8H6N4O3. The predicted octanol–water partition coefficient (Wildman–Crippen LogP) is -0.761. The van der Waals surface area contributed by atoms with Gasteiger partial charge in [0.15, 0.2) is 5.65 Å². The molecule has 0 radical (unpaired) electrons. The Kier molecular flexibility index (Phi) is 1.86. The van der Waals surface area contributed by atoms with E-state index in [1.807, 2.05) is 0 Å². The van der Waals surface area contributed by atoms with E-state index >= 15 is 0 Å². The average molecular weight is 206 g/mol. The molecule has 0 spiro atoms. The van der Waals surface area contributed by atoms with E-state index in [0.29, 0.717) is 4.57 Å². The maximum absolute atomic E-state index is 11.6. The highest BCUT2D eigenvalue weighted by Gasteiger charge is 2.12. The van der Waals surface area contributed by atoms with Crippen molar-refractivity contribution in [3.05, 3.63) is 39.8 Å². The largest absolute Gasteiger partial charge is 0.339 e. The van der Waals surface area contributed by atoms with E-state index in [1.165, 1.54) is 6.33 Å². The number of carbonyl (C=O) groups excluding carboxylic acids is 1. The third-order valence-corrected chi connectivity index (χ3v) is 1.88. The van der Waals surface area contributed by atoms with Crippen molar-refractivity contribution in [2.75, 3.05) is 0 Å². The van der Waals surface area contributed by atoms with Gasteiger partial charge in [-0.25, -0.2) is 9.78 Å². The fraction of sp³-hybridized carbons (Fsp3) is 0. The molecule has 0 saturated carbocycles. The molecule has 15 heavy (non-hydrogen) atoms. The summed E-state index contributed by atoms with van der Waals surface area (Å²) in [5, 5.41) is 0. The number of carbonyl (C=O) groups is 1. The van der Waals surface area contributed by atoms with Gasteiger partial charge in [0.25, 0.3) is 11.5 Å². The van der Waals surface area contributed by atoms with Crippen molar-refractivity contribution in [3.8, 4) is 0 Å². The second kappa shape index (κ2) is 3.05. The number of imidazole rings is 1. The van der Waals surface area contributed by atoms with E-state index in [4.69, 9.17) is 0 Å². The third kappa shape index (κ3) is 1.21. The minimum absolute atomic E-state index is 0.0739. The summed E-state index contributed by atoms with van der Waals surface area (Å²) < 4.78 is 0.452. The van der Waals surface area contributed by atoms with Crippen LogP contribution >= 0.6 is 0 Å². The first-order chi connectivity index (χ1) is 7.15. The van der Waals surface area contributed by atoms with Crippen LogP contribution in [0.15, 0.2) is 28.6 Å². The molecule has 7 heteroatoms. The number of aromatic amines is 2. The van der Waals surface area contributed by atoms with Crippen LogP contribution < -0.4 is 11.2 Å². The number of H-pyrrole nitrogens is 2. The van der Waals surface area contributed by atoms with Gasteiger partial charge in [-0.3, -0.25) is 14.6 Å². The lowest BCUT2D eigenvalue weighted by Gasteiger charge is -1.97. The van der Waals surface area contributed by atoms with Crippen LogP contribution in [0.4, 0.5) is 0 Å². The Morgan fingerprint density at radius 3 is 2.93 bits per heavy atom. The zero-order chi connectivity index (χ0) is 11.0. The van der Waals surface area contributed by atoms with Crippen molar-refractivity contribution in [1.82, 2.24) is 19.5 Å². The van der Waals surface area contributed by atoms with Gasteiger partial charge in [0, 0.05) is 0 Å². The molecule has 76 valence electrons. The van der Waals surface area contributed by atoms with E-state index in [1.54, 1.807) is 0 Å². The minimum atomic E-state index is -0.829. The molecule has 0 atom stereocenters. The van der Waals surface area contributed by atoms with Crippen LogP contribution in [-0.2, 0) is 0 Å². The first-order valence-corrected chi connectivity index (χ1v) is 4.00. The Morgan fingerprint density at radius 2 is 2.27 bits per heavy atom. The van der Waals surface area contributed by atoms with Gasteiger partial charge < -0.3 is 4.98 Å². The summed E-state index contributed by atoms with van der Waals surface area (Å²) in [6.07, 6.45) is 2.14. The van der Waals surface area contributed by atoms with Crippen LogP contribution in [0.1, 0.15) is 4.79 Å². The molecule has 0 aromatic carbocycles. The van der Waals surface area contributed by atoms with Crippen molar-refractivity contribution < 1.29 is 4.79 Å². The molecule has 0 saturated heterocycles. The van der Waals surface area contributed by atoms with Gasteiger partial charge in [-0.2, -0.15) is 4.57 Å². The molecule has 0 aliphatic heterocycles. The summed E-state index contributed by atoms with van der Waals surface area (Å²) in [6, 6.07) is 0. The highest BCUT2D eigenvalue weighted by molar-refractivity contribution is 5.90. The smallest absolute Gasteiger partial charge is 0.337 e. The number of nitrogens with zero attached hydrogens (tertiary/aromatic N) is 2. The number of hydrogen-bond acceptors (Lipinski definition) is 4. The molecule has 0 aliphatic rings. The quantitative estimate of drug-likeness (QED) is 0.599. The number of fused-ring (bicyclic) bond motifs is 1. The molecule has 0 bridgehead atoms. The summed E-state index contributed by atoms with van der Waals surface area (Å²) in [7, 11) is 0. The normalized spacial score (nSPS) is 10.4. The Morgan fingerprint density at radius 1 is 1.53 bits per heavy atom. The van der Waals surface area contributed by atoms with Crippen LogP contribution in [0.5, 0.6) is 0 Å². The number of aromatic nitrogens is 4. The van der Waals surface area contributed by atoms with Crippen molar-refractivity contribution in [2.24, 2.45) is 0 Å². The molecule has 0 unspecified atom stereocenters. The Balaban J connectivity index is 2.97. The van der Waals surface area contributed by atoms with Crippen molar-refractivity contribution in [2.45, 2.75) is 0 Å². The maximum atomic E-state index is 11.6. The Hall–Kier alpha value is -2.44. The fourth-order valence-electron chi connectivity index (χ4n) is 1.20. The molecule has 0 fully saturated rings. The van der Waals surface area contributed by atoms with Gasteiger partial charge in [0.05, 0.1) is 6.33 Å². The third-order valence-electron chi connectivity index (χ3n) is 1.88. The second-order valence-electron chi connectivity index (χ2n) is 2.74. The molecule has 2 aromatic rings. The van der Waals surface area contributed by atoms with E-state index in [0.717, 1.165) is 6.08 Å². The maximum Gasteiger partial charge on any atom is 0.337 e. The van der Waals surface area contributed by atoms with Gasteiger partial charge in [-0.1, -0.05) is 6.58 Å². The van der Waals surface area contributed by atoms with Gasteiger partial charge in [-0.05, 0) is 6.08 Å². The topological polar surface area (TPSA) is 101 Å². The standard InChI is InChI=1S/C8H6N4O3/c1-2-4(13)12-7(14)5-6(10-3-9-5)11-8(12)15/h2-3H,1H2,(H,9,10)(H,11,15). The lowest BCUT2D eigenvalue weighted by Crippen LogP contribution is -2.38. The Bertz CT molecular complexity index is 660. The van der Waals surface area contributed by atoms with Gasteiger partial charge in [-0.15, -0.1) is 0 Å². The summed E-state index contributed by atoms with van der Waals surface area (Å²) >= 11 is 0. The van der Waals surface area contributed by atoms with Gasteiger partial charge >= 0.3 is 5.69 Å². The number of hydrogen-bond donors (Lipinski definition) is 2. The summed E-state index contributed by atoms with van der Waals surface area (Å²) in [4.78, 5) is 42.7.